The van der Waals surface area contributed by atoms with Crippen molar-refractivity contribution in [3.05, 3.63) is 60.1 Å². The fourth-order valence-electron chi connectivity index (χ4n) is 2.47. The number of benzene rings is 1. The number of rotatable bonds is 2. The summed E-state index contributed by atoms with van der Waals surface area (Å²) in [7, 11) is 0. The Morgan fingerprint density at radius 1 is 1.23 bits per heavy atom. The number of para-hydroxylation sites is 2. The van der Waals surface area contributed by atoms with Gasteiger partial charge in [0.25, 0.3) is 0 Å². The number of hydrogen-bond donors (Lipinski definition) is 2. The minimum absolute atomic E-state index is 0.0752. The van der Waals surface area contributed by atoms with E-state index < -0.39 is 0 Å². The van der Waals surface area contributed by atoms with Gasteiger partial charge in [-0.05, 0) is 29.3 Å². The molecule has 26 heavy (non-hydrogen) atoms. The van der Waals surface area contributed by atoms with E-state index in [4.69, 9.17) is 0 Å². The molecule has 1 aliphatic heterocycles. The van der Waals surface area contributed by atoms with Gasteiger partial charge in [0.1, 0.15) is 18.3 Å². The molecule has 1 aliphatic rings. The van der Waals surface area contributed by atoms with Gasteiger partial charge in [-0.3, -0.25) is 4.79 Å². The standard InChI is InChI=1S/C19H14N6O/c1-2-17(26)22-14-6-5-9-25(12-14)19-18(13(10-20)11-21)23-15-7-3-4-8-16(15)24-19/h3-9,12,23H,2H2,1H3/p+1. The Morgan fingerprint density at radius 2 is 2.00 bits per heavy atom. The van der Waals surface area contributed by atoms with Crippen molar-refractivity contribution in [2.24, 2.45) is 4.99 Å². The molecule has 0 saturated carbocycles. The van der Waals surface area contributed by atoms with Gasteiger partial charge in [-0.25, -0.2) is 0 Å². The average Bonchev–Trinajstić information content (AvgIpc) is 2.68. The van der Waals surface area contributed by atoms with Crippen molar-refractivity contribution in [3.63, 3.8) is 0 Å². The third-order valence-corrected chi connectivity index (χ3v) is 3.74. The molecule has 2 N–H and O–H groups in total. The van der Waals surface area contributed by atoms with Gasteiger partial charge in [0.15, 0.2) is 17.0 Å². The Morgan fingerprint density at radius 3 is 2.73 bits per heavy atom. The van der Waals surface area contributed by atoms with E-state index in [2.05, 4.69) is 15.6 Å². The van der Waals surface area contributed by atoms with Crippen LogP contribution in [0.3, 0.4) is 0 Å². The second-order valence-corrected chi connectivity index (χ2v) is 5.45. The summed E-state index contributed by atoms with van der Waals surface area (Å²) in [5.74, 6) is 0.289. The highest BCUT2D eigenvalue weighted by molar-refractivity contribution is 6.02. The number of carbonyl (C=O) groups is 1. The summed E-state index contributed by atoms with van der Waals surface area (Å²) in [5.41, 5.74) is 2.24. The molecule has 0 atom stereocenters. The highest BCUT2D eigenvalue weighted by Gasteiger charge is 2.30. The Bertz CT molecular complexity index is 1010. The van der Waals surface area contributed by atoms with E-state index in [-0.39, 0.29) is 11.5 Å². The number of fused-ring (bicyclic) bond motifs is 1. The number of allylic oxidation sites excluding steroid dienone is 2. The van der Waals surface area contributed by atoms with Gasteiger partial charge in [0.2, 0.25) is 5.91 Å². The van der Waals surface area contributed by atoms with E-state index in [1.807, 2.05) is 36.4 Å². The Hall–Kier alpha value is -3.97. The van der Waals surface area contributed by atoms with Crippen LogP contribution in [-0.2, 0) is 4.79 Å². The summed E-state index contributed by atoms with van der Waals surface area (Å²) < 4.78 is 1.66. The molecule has 1 amide bonds. The molecule has 126 valence electrons. The van der Waals surface area contributed by atoms with Gasteiger partial charge < -0.3 is 10.6 Å². The first-order valence-electron chi connectivity index (χ1n) is 7.97. The molecule has 1 aromatic heterocycles. The van der Waals surface area contributed by atoms with Crippen molar-refractivity contribution in [1.29, 1.82) is 10.5 Å². The minimum Gasteiger partial charge on any atom is -0.343 e. The molecule has 0 saturated heterocycles. The molecule has 3 rings (SSSR count). The van der Waals surface area contributed by atoms with Gasteiger partial charge in [0, 0.05) is 6.42 Å². The van der Waals surface area contributed by atoms with Crippen LogP contribution in [0, 0.1) is 22.7 Å². The lowest BCUT2D eigenvalue weighted by molar-refractivity contribution is -0.553. The maximum atomic E-state index is 11.6. The maximum Gasteiger partial charge on any atom is 0.354 e. The summed E-state index contributed by atoms with van der Waals surface area (Å²) in [4.78, 5) is 16.2. The van der Waals surface area contributed by atoms with Crippen LogP contribution >= 0.6 is 0 Å². The van der Waals surface area contributed by atoms with Gasteiger partial charge in [-0.2, -0.15) is 15.1 Å². The minimum atomic E-state index is -0.109. The summed E-state index contributed by atoms with van der Waals surface area (Å²) in [6.45, 7) is 1.77. The third kappa shape index (κ3) is 3.28. The van der Waals surface area contributed by atoms with Gasteiger partial charge in [-0.15, -0.1) is 0 Å². The predicted octanol–water partition coefficient (Wildman–Crippen LogP) is 2.63. The first kappa shape index (κ1) is 16.9. The molecule has 7 heteroatoms. The fourth-order valence-corrected chi connectivity index (χ4v) is 2.47. The highest BCUT2D eigenvalue weighted by atomic mass is 16.1. The SMILES string of the molecule is CCC(=O)Nc1ccc[n+](C2=Nc3ccccc3NC2=C(C#N)C#N)c1. The van der Waals surface area contributed by atoms with Crippen LogP contribution in [0.2, 0.25) is 0 Å². The second-order valence-electron chi connectivity index (χ2n) is 5.45. The summed E-state index contributed by atoms with van der Waals surface area (Å²) >= 11 is 0. The first-order valence-corrected chi connectivity index (χ1v) is 7.97. The topological polar surface area (TPSA) is 105 Å². The van der Waals surface area contributed by atoms with Crippen molar-refractivity contribution in [3.8, 4) is 12.1 Å². The van der Waals surface area contributed by atoms with Crippen molar-refractivity contribution < 1.29 is 9.36 Å². The van der Waals surface area contributed by atoms with Crippen molar-refractivity contribution in [2.45, 2.75) is 13.3 Å². The van der Waals surface area contributed by atoms with Gasteiger partial charge in [0.05, 0.1) is 17.6 Å². The lowest BCUT2D eigenvalue weighted by atomic mass is 10.1. The number of carbonyl (C=O) groups excluding carboxylic acids is 1. The molecule has 2 heterocycles. The Balaban J connectivity index is 2.14. The monoisotopic (exact) mass is 343 g/mol. The molecule has 0 bridgehead atoms. The summed E-state index contributed by atoms with van der Waals surface area (Å²) in [6, 6.07) is 14.7. The van der Waals surface area contributed by atoms with Gasteiger partial charge in [-0.1, -0.05) is 19.1 Å². The zero-order valence-electron chi connectivity index (χ0n) is 14.0. The number of aliphatic imine (C=N–C) groups is 1. The second kappa shape index (κ2) is 7.29. The van der Waals surface area contributed by atoms with E-state index in [1.165, 1.54) is 0 Å². The zero-order valence-corrected chi connectivity index (χ0v) is 14.0. The fraction of sp³-hybridized carbons (Fsp3) is 0.105. The highest BCUT2D eigenvalue weighted by Crippen LogP contribution is 2.30. The molecule has 2 aromatic rings. The van der Waals surface area contributed by atoms with Crippen molar-refractivity contribution in [1.82, 2.24) is 0 Å². The Kier molecular flexibility index (Phi) is 4.73. The molecule has 0 fully saturated rings. The summed E-state index contributed by atoms with van der Waals surface area (Å²) in [5, 5.41) is 24.5. The van der Waals surface area contributed by atoms with Crippen molar-refractivity contribution >= 4 is 28.8 Å². The van der Waals surface area contributed by atoms with E-state index in [9.17, 15) is 15.3 Å². The van der Waals surface area contributed by atoms with Crippen LogP contribution in [0.5, 0.6) is 0 Å². The molecule has 0 radical (unpaired) electrons. The van der Waals surface area contributed by atoms with Crippen LogP contribution in [0.25, 0.3) is 0 Å². The maximum absolute atomic E-state index is 11.6. The van der Waals surface area contributed by atoms with Crippen LogP contribution in [0.15, 0.2) is 65.1 Å². The number of amides is 1. The average molecular weight is 343 g/mol. The van der Waals surface area contributed by atoms with Crippen molar-refractivity contribution in [2.75, 3.05) is 10.6 Å². The number of nitrogens with zero attached hydrogens (tertiary/aromatic N) is 4. The van der Waals surface area contributed by atoms with Gasteiger partial charge >= 0.3 is 5.84 Å². The molecule has 7 nitrogen and oxygen atoms in total. The van der Waals surface area contributed by atoms with E-state index in [0.717, 1.165) is 0 Å². The third-order valence-electron chi connectivity index (χ3n) is 3.74. The molecule has 1 aromatic carbocycles. The molecule has 0 spiro atoms. The van der Waals surface area contributed by atoms with E-state index in [0.29, 0.717) is 35.0 Å². The normalized spacial score (nSPS) is 12.0. The summed E-state index contributed by atoms with van der Waals surface area (Å²) in [6.07, 6.45) is 3.79. The number of anilines is 2. The van der Waals surface area contributed by atoms with E-state index in [1.54, 1.807) is 36.0 Å². The molecular formula is C19H15N6O+. The number of nitriles is 2. The predicted molar refractivity (Wildman–Crippen MR) is 96.4 cm³/mol. The number of pyridine rings is 1. The smallest absolute Gasteiger partial charge is 0.343 e. The molecule has 0 aliphatic carbocycles. The first-order chi connectivity index (χ1) is 12.7. The van der Waals surface area contributed by atoms with Crippen LogP contribution in [0.1, 0.15) is 13.3 Å². The lowest BCUT2D eigenvalue weighted by Gasteiger charge is -2.15. The lowest BCUT2D eigenvalue weighted by Crippen LogP contribution is -2.46. The quantitative estimate of drug-likeness (QED) is 0.646. The number of aromatic nitrogens is 1. The number of nitrogens with one attached hydrogen (secondary N) is 2. The molecular weight excluding hydrogens is 328 g/mol. The zero-order chi connectivity index (χ0) is 18.5. The Labute approximate surface area is 150 Å². The number of hydrogen-bond acceptors (Lipinski definition) is 5. The van der Waals surface area contributed by atoms with Crippen LogP contribution in [-0.4, -0.2) is 11.7 Å². The molecule has 0 unspecified atom stereocenters. The van der Waals surface area contributed by atoms with E-state index >= 15 is 0 Å². The largest absolute Gasteiger partial charge is 0.354 e. The van der Waals surface area contributed by atoms with Crippen LogP contribution < -0.4 is 15.2 Å². The van der Waals surface area contributed by atoms with Crippen LogP contribution in [0.4, 0.5) is 17.1 Å².